The van der Waals surface area contributed by atoms with Crippen molar-refractivity contribution < 1.29 is 9.32 Å². The molecule has 1 aliphatic heterocycles. The van der Waals surface area contributed by atoms with Gasteiger partial charge in [0.2, 0.25) is 0 Å². The highest BCUT2D eigenvalue weighted by Crippen LogP contribution is 2.32. The lowest BCUT2D eigenvalue weighted by Crippen LogP contribution is -2.34. The van der Waals surface area contributed by atoms with E-state index in [0.717, 1.165) is 53.8 Å². The van der Waals surface area contributed by atoms with Gasteiger partial charge < -0.3 is 14.7 Å². The maximum absolute atomic E-state index is 12.6. The van der Waals surface area contributed by atoms with Crippen LogP contribution in [0.25, 0.3) is 0 Å². The van der Waals surface area contributed by atoms with Gasteiger partial charge in [-0.15, -0.1) is 0 Å². The van der Waals surface area contributed by atoms with Crippen LogP contribution in [0.2, 0.25) is 0 Å². The molecule has 6 heteroatoms. The van der Waals surface area contributed by atoms with Gasteiger partial charge in [-0.25, -0.2) is 4.79 Å². The third-order valence-corrected chi connectivity index (χ3v) is 4.74. The first-order valence-corrected chi connectivity index (χ1v) is 8.76. The Labute approximate surface area is 144 Å². The summed E-state index contributed by atoms with van der Waals surface area (Å²) in [5.41, 5.74) is 1.63. The van der Waals surface area contributed by atoms with Crippen molar-refractivity contribution >= 4 is 27.6 Å². The maximum atomic E-state index is 12.6. The molecular weight excluding hydrogens is 358 g/mol. The summed E-state index contributed by atoms with van der Waals surface area (Å²) in [6.45, 7) is 2.84. The number of carbonyl (C=O) groups is 1. The molecule has 1 N–H and O–H groups in total. The van der Waals surface area contributed by atoms with Gasteiger partial charge in [-0.05, 0) is 47.3 Å². The molecule has 1 fully saturated rings. The second kappa shape index (κ2) is 7.17. The summed E-state index contributed by atoms with van der Waals surface area (Å²) in [6.07, 6.45) is 3.79. The van der Waals surface area contributed by atoms with Gasteiger partial charge in [0.1, 0.15) is 11.5 Å². The molecule has 23 heavy (non-hydrogen) atoms. The van der Waals surface area contributed by atoms with Crippen molar-refractivity contribution in [1.29, 1.82) is 0 Å². The molecule has 1 atom stereocenters. The Bertz CT molecular complexity index is 686. The van der Waals surface area contributed by atoms with E-state index in [2.05, 4.69) is 33.3 Å². The molecule has 1 aromatic heterocycles. The average molecular weight is 378 g/mol. The van der Waals surface area contributed by atoms with Crippen LogP contribution in [0.15, 0.2) is 39.3 Å². The first-order valence-electron chi connectivity index (χ1n) is 7.96. The van der Waals surface area contributed by atoms with Gasteiger partial charge in [-0.2, -0.15) is 0 Å². The van der Waals surface area contributed by atoms with Gasteiger partial charge in [0.05, 0.1) is 11.7 Å². The van der Waals surface area contributed by atoms with E-state index in [0.29, 0.717) is 0 Å². The number of aryl methyl sites for hydroxylation is 1. The van der Waals surface area contributed by atoms with E-state index in [-0.39, 0.29) is 12.1 Å². The van der Waals surface area contributed by atoms with Gasteiger partial charge in [-0.1, -0.05) is 24.2 Å². The Balaban J connectivity index is 1.73. The van der Waals surface area contributed by atoms with E-state index in [1.807, 2.05) is 35.2 Å². The molecule has 5 nitrogen and oxygen atoms in total. The average Bonchev–Trinajstić information content (AvgIpc) is 3.18. The third-order valence-electron chi connectivity index (χ3n) is 4.04. The minimum atomic E-state index is -0.0977. The highest BCUT2D eigenvalue weighted by molar-refractivity contribution is 9.10. The highest BCUT2D eigenvalue weighted by Gasteiger charge is 2.32. The molecule has 0 radical (unpaired) electrons. The minimum Gasteiger partial charge on any atom is -0.361 e. The number of hydrogen-bond acceptors (Lipinski definition) is 3. The molecule has 1 aromatic carbocycles. The molecule has 1 saturated heterocycles. The number of benzene rings is 1. The number of halogens is 1. The predicted octanol–water partition coefficient (Wildman–Crippen LogP) is 4.76. The van der Waals surface area contributed by atoms with Crippen LogP contribution in [0, 0.1) is 0 Å². The van der Waals surface area contributed by atoms with Crippen molar-refractivity contribution in [2.45, 2.75) is 38.6 Å². The van der Waals surface area contributed by atoms with Crippen LogP contribution in [0.3, 0.4) is 0 Å². The zero-order chi connectivity index (χ0) is 16.2. The van der Waals surface area contributed by atoms with Gasteiger partial charge in [0, 0.05) is 23.5 Å². The van der Waals surface area contributed by atoms with Crippen LogP contribution >= 0.6 is 15.9 Å². The molecule has 0 spiro atoms. The van der Waals surface area contributed by atoms with Crippen LogP contribution in [0.4, 0.5) is 10.5 Å². The van der Waals surface area contributed by atoms with Crippen LogP contribution in [0.1, 0.15) is 43.7 Å². The monoisotopic (exact) mass is 377 g/mol. The first-order chi connectivity index (χ1) is 11.2. The summed E-state index contributed by atoms with van der Waals surface area (Å²) < 4.78 is 6.24. The second-order valence-corrected chi connectivity index (χ2v) is 6.58. The molecule has 1 aliphatic rings. The Morgan fingerprint density at radius 2 is 2.30 bits per heavy atom. The van der Waals surface area contributed by atoms with Crippen LogP contribution in [0.5, 0.6) is 0 Å². The standard InChI is InChI=1S/C17H20BrN3O2/c1-2-6-12-11-15(20-23-12)16-9-5-10-21(16)17(22)19-14-8-4-3-7-13(14)18/h3-4,7-8,11,16H,2,5-6,9-10H2,1H3,(H,19,22)/t16-/m0/s1. The fraction of sp³-hybridized carbons (Fsp3) is 0.412. The highest BCUT2D eigenvalue weighted by atomic mass is 79.9. The first kappa shape index (κ1) is 16.1. The second-order valence-electron chi connectivity index (χ2n) is 5.73. The Morgan fingerprint density at radius 3 is 3.09 bits per heavy atom. The Morgan fingerprint density at radius 1 is 1.48 bits per heavy atom. The van der Waals surface area contributed by atoms with E-state index in [1.54, 1.807) is 0 Å². The number of nitrogens with one attached hydrogen (secondary N) is 1. The summed E-state index contributed by atoms with van der Waals surface area (Å²) >= 11 is 3.45. The SMILES string of the molecule is CCCc1cc([C@@H]2CCCN2C(=O)Nc2ccccc2Br)no1. The molecule has 0 saturated carbocycles. The number of para-hydroxylation sites is 1. The van der Waals surface area contributed by atoms with Gasteiger partial charge >= 0.3 is 6.03 Å². The topological polar surface area (TPSA) is 58.4 Å². The summed E-state index contributed by atoms with van der Waals surface area (Å²) in [4.78, 5) is 14.5. The van der Waals surface area contributed by atoms with E-state index < -0.39 is 0 Å². The number of urea groups is 1. The molecule has 0 aliphatic carbocycles. The van der Waals surface area contributed by atoms with E-state index >= 15 is 0 Å². The zero-order valence-electron chi connectivity index (χ0n) is 13.1. The summed E-state index contributed by atoms with van der Waals surface area (Å²) in [7, 11) is 0. The molecular formula is C17H20BrN3O2. The van der Waals surface area contributed by atoms with Crippen molar-refractivity contribution in [2.75, 3.05) is 11.9 Å². The van der Waals surface area contributed by atoms with Crippen LogP contribution in [-0.2, 0) is 6.42 Å². The summed E-state index contributed by atoms with van der Waals surface area (Å²) in [5, 5.41) is 7.13. The lowest BCUT2D eigenvalue weighted by Gasteiger charge is -2.23. The van der Waals surface area contributed by atoms with Crippen molar-refractivity contribution in [3.05, 3.63) is 46.3 Å². The zero-order valence-corrected chi connectivity index (χ0v) is 14.7. The van der Waals surface area contributed by atoms with Crippen molar-refractivity contribution in [3.8, 4) is 0 Å². The number of nitrogens with zero attached hydrogens (tertiary/aromatic N) is 2. The van der Waals surface area contributed by atoms with Crippen molar-refractivity contribution in [1.82, 2.24) is 10.1 Å². The number of likely N-dealkylation sites (tertiary alicyclic amines) is 1. The van der Waals surface area contributed by atoms with Crippen molar-refractivity contribution in [2.24, 2.45) is 0 Å². The molecule has 0 bridgehead atoms. The fourth-order valence-electron chi connectivity index (χ4n) is 2.92. The van der Waals surface area contributed by atoms with Crippen LogP contribution < -0.4 is 5.32 Å². The summed E-state index contributed by atoms with van der Waals surface area (Å²) in [6, 6.07) is 9.48. The van der Waals surface area contributed by atoms with E-state index in [9.17, 15) is 4.79 Å². The van der Waals surface area contributed by atoms with Gasteiger partial charge in [0.25, 0.3) is 0 Å². The van der Waals surface area contributed by atoms with Crippen LogP contribution in [-0.4, -0.2) is 22.6 Å². The quantitative estimate of drug-likeness (QED) is 0.835. The number of hydrogen-bond donors (Lipinski definition) is 1. The maximum Gasteiger partial charge on any atom is 0.322 e. The lowest BCUT2D eigenvalue weighted by atomic mass is 10.1. The van der Waals surface area contributed by atoms with Crippen molar-refractivity contribution in [3.63, 3.8) is 0 Å². The number of amides is 2. The van der Waals surface area contributed by atoms with Gasteiger partial charge in [-0.3, -0.25) is 0 Å². The van der Waals surface area contributed by atoms with E-state index in [4.69, 9.17) is 4.52 Å². The van der Waals surface area contributed by atoms with E-state index in [1.165, 1.54) is 0 Å². The fourth-order valence-corrected chi connectivity index (χ4v) is 3.30. The molecule has 2 heterocycles. The normalized spacial score (nSPS) is 17.5. The molecule has 122 valence electrons. The number of rotatable bonds is 4. The number of aromatic nitrogens is 1. The predicted molar refractivity (Wildman–Crippen MR) is 92.3 cm³/mol. The Hall–Kier alpha value is -1.82. The van der Waals surface area contributed by atoms with Gasteiger partial charge in [0.15, 0.2) is 0 Å². The minimum absolute atomic E-state index is 0.00755. The molecule has 0 unspecified atom stereocenters. The molecule has 2 amide bonds. The smallest absolute Gasteiger partial charge is 0.322 e. The largest absolute Gasteiger partial charge is 0.361 e. The Kier molecular flexibility index (Phi) is 5.00. The lowest BCUT2D eigenvalue weighted by molar-refractivity contribution is 0.204. The summed E-state index contributed by atoms with van der Waals surface area (Å²) in [5.74, 6) is 0.889. The molecule has 3 rings (SSSR count). The third kappa shape index (κ3) is 3.58. The number of carbonyl (C=O) groups excluding carboxylic acids is 1. The number of anilines is 1. The molecule has 2 aromatic rings.